The highest BCUT2D eigenvalue weighted by Gasteiger charge is 2.27. The molecule has 6 nitrogen and oxygen atoms in total. The molecule has 0 fully saturated rings. The van der Waals surface area contributed by atoms with Gasteiger partial charge in [0.25, 0.3) is 10.0 Å². The molecule has 0 heterocycles. The number of nitriles is 1. The van der Waals surface area contributed by atoms with Crippen LogP contribution in [0.1, 0.15) is 22.8 Å². The minimum atomic E-state index is -3.93. The Bertz CT molecular complexity index is 901. The van der Waals surface area contributed by atoms with Crippen LogP contribution in [0, 0.1) is 11.3 Å². The molecular weight excluding hydrogens is 328 g/mol. The number of nitrogens with zero attached hydrogens (tertiary/aromatic N) is 2. The molecule has 2 aromatic carbocycles. The standard InChI is InChI=1S/C17H16N2O4S/c1-3-19(16-10-5-4-9-15(16)17(20)23-2)24(21,22)14-8-6-7-13(11-14)12-18/h4-11H,3H2,1-2H3. The Kier molecular flexibility index (Phi) is 5.21. The van der Waals surface area contributed by atoms with Crippen LogP contribution in [0.25, 0.3) is 0 Å². The number of rotatable bonds is 5. The minimum Gasteiger partial charge on any atom is -0.465 e. The summed E-state index contributed by atoms with van der Waals surface area (Å²) in [4.78, 5) is 11.9. The molecule has 0 aliphatic heterocycles. The van der Waals surface area contributed by atoms with Crippen LogP contribution in [0.4, 0.5) is 5.69 Å². The van der Waals surface area contributed by atoms with Crippen LogP contribution in [0.2, 0.25) is 0 Å². The van der Waals surface area contributed by atoms with E-state index in [4.69, 9.17) is 10.00 Å². The van der Waals surface area contributed by atoms with Gasteiger partial charge in [0, 0.05) is 6.54 Å². The normalized spacial score (nSPS) is 10.7. The number of anilines is 1. The van der Waals surface area contributed by atoms with Gasteiger partial charge in [-0.15, -0.1) is 0 Å². The molecule has 24 heavy (non-hydrogen) atoms. The number of sulfonamides is 1. The number of para-hydroxylation sites is 1. The maximum absolute atomic E-state index is 13.0. The summed E-state index contributed by atoms with van der Waals surface area (Å²) >= 11 is 0. The maximum atomic E-state index is 13.0. The third-order valence-electron chi connectivity index (χ3n) is 3.42. The second-order valence-electron chi connectivity index (χ2n) is 4.82. The predicted molar refractivity (Wildman–Crippen MR) is 89.1 cm³/mol. The minimum absolute atomic E-state index is 0.0110. The fourth-order valence-electron chi connectivity index (χ4n) is 2.30. The highest BCUT2D eigenvalue weighted by atomic mass is 32.2. The summed E-state index contributed by atoms with van der Waals surface area (Å²) in [5.74, 6) is -0.620. The molecule has 0 saturated carbocycles. The van der Waals surface area contributed by atoms with Gasteiger partial charge < -0.3 is 4.74 Å². The van der Waals surface area contributed by atoms with E-state index in [-0.39, 0.29) is 28.3 Å². The number of hydrogen-bond donors (Lipinski definition) is 0. The smallest absolute Gasteiger partial charge is 0.340 e. The fraction of sp³-hybridized carbons (Fsp3) is 0.176. The zero-order chi connectivity index (χ0) is 17.7. The lowest BCUT2D eigenvalue weighted by molar-refractivity contribution is 0.0601. The van der Waals surface area contributed by atoms with Crippen molar-refractivity contribution in [2.45, 2.75) is 11.8 Å². The Labute approximate surface area is 141 Å². The number of esters is 1. The predicted octanol–water partition coefficient (Wildman–Crippen LogP) is 2.56. The Morgan fingerprint density at radius 3 is 2.54 bits per heavy atom. The first-order valence-electron chi connectivity index (χ1n) is 7.16. The summed E-state index contributed by atoms with van der Waals surface area (Å²) in [6.07, 6.45) is 0. The van der Waals surface area contributed by atoms with Crippen molar-refractivity contribution in [2.75, 3.05) is 18.0 Å². The molecule has 0 aliphatic rings. The SMILES string of the molecule is CCN(c1ccccc1C(=O)OC)S(=O)(=O)c1cccc(C#N)c1. The molecule has 0 aliphatic carbocycles. The van der Waals surface area contributed by atoms with Crippen LogP contribution in [-0.2, 0) is 14.8 Å². The molecule has 0 saturated heterocycles. The first-order chi connectivity index (χ1) is 11.5. The second-order valence-corrected chi connectivity index (χ2v) is 6.68. The van der Waals surface area contributed by atoms with Gasteiger partial charge in [-0.25, -0.2) is 13.2 Å². The van der Waals surface area contributed by atoms with Gasteiger partial charge in [-0.05, 0) is 37.3 Å². The average Bonchev–Trinajstić information content (AvgIpc) is 2.62. The van der Waals surface area contributed by atoms with Crippen molar-refractivity contribution in [1.29, 1.82) is 5.26 Å². The van der Waals surface area contributed by atoms with Crippen LogP contribution in [0.3, 0.4) is 0 Å². The number of ether oxygens (including phenoxy) is 1. The Balaban J connectivity index is 2.60. The third kappa shape index (κ3) is 3.24. The van der Waals surface area contributed by atoms with Crippen LogP contribution in [-0.4, -0.2) is 28.0 Å². The molecule has 0 amide bonds. The van der Waals surface area contributed by atoms with Gasteiger partial charge in [-0.2, -0.15) is 5.26 Å². The number of carbonyl (C=O) groups is 1. The van der Waals surface area contributed by atoms with Gasteiger partial charge in [0.2, 0.25) is 0 Å². The number of hydrogen-bond acceptors (Lipinski definition) is 5. The monoisotopic (exact) mass is 344 g/mol. The molecule has 0 bridgehead atoms. The molecule has 0 radical (unpaired) electrons. The van der Waals surface area contributed by atoms with Crippen LogP contribution in [0.15, 0.2) is 53.4 Å². The highest BCUT2D eigenvalue weighted by molar-refractivity contribution is 7.92. The van der Waals surface area contributed by atoms with Crippen molar-refractivity contribution >= 4 is 21.7 Å². The zero-order valence-corrected chi connectivity index (χ0v) is 14.1. The van der Waals surface area contributed by atoms with Crippen LogP contribution >= 0.6 is 0 Å². The molecular formula is C17H16N2O4S. The van der Waals surface area contributed by atoms with Crippen molar-refractivity contribution in [2.24, 2.45) is 0 Å². The summed E-state index contributed by atoms with van der Waals surface area (Å²) in [5.41, 5.74) is 0.629. The van der Waals surface area contributed by atoms with E-state index in [1.165, 1.54) is 37.4 Å². The van der Waals surface area contributed by atoms with Gasteiger partial charge in [0.05, 0.1) is 34.9 Å². The lowest BCUT2D eigenvalue weighted by Crippen LogP contribution is -2.32. The molecule has 0 unspecified atom stereocenters. The molecule has 2 aromatic rings. The van der Waals surface area contributed by atoms with Crippen LogP contribution < -0.4 is 4.31 Å². The van der Waals surface area contributed by atoms with E-state index >= 15 is 0 Å². The van der Waals surface area contributed by atoms with E-state index in [0.29, 0.717) is 0 Å². The van der Waals surface area contributed by atoms with Gasteiger partial charge in [0.15, 0.2) is 0 Å². The molecule has 124 valence electrons. The molecule has 2 rings (SSSR count). The highest BCUT2D eigenvalue weighted by Crippen LogP contribution is 2.27. The zero-order valence-electron chi connectivity index (χ0n) is 13.3. The van der Waals surface area contributed by atoms with Gasteiger partial charge in [0.1, 0.15) is 0 Å². The quantitative estimate of drug-likeness (QED) is 0.778. The maximum Gasteiger partial charge on any atom is 0.340 e. The lowest BCUT2D eigenvalue weighted by atomic mass is 10.2. The Morgan fingerprint density at radius 2 is 1.92 bits per heavy atom. The largest absolute Gasteiger partial charge is 0.465 e. The van der Waals surface area contributed by atoms with E-state index in [1.54, 1.807) is 25.1 Å². The average molecular weight is 344 g/mol. The summed E-state index contributed by atoms with van der Waals surface area (Å²) < 4.78 is 31.8. The van der Waals surface area contributed by atoms with Crippen molar-refractivity contribution in [3.8, 4) is 6.07 Å². The molecule has 0 atom stereocenters. The molecule has 0 aromatic heterocycles. The molecule has 0 spiro atoms. The Hall–Kier alpha value is -2.85. The summed E-state index contributed by atoms with van der Waals surface area (Å²) in [6.45, 7) is 1.78. The summed E-state index contributed by atoms with van der Waals surface area (Å²) in [6, 6.07) is 14.0. The van der Waals surface area contributed by atoms with E-state index in [0.717, 1.165) is 4.31 Å². The van der Waals surface area contributed by atoms with Gasteiger partial charge in [-0.1, -0.05) is 18.2 Å². The second kappa shape index (κ2) is 7.15. The number of carbonyl (C=O) groups excluding carboxylic acids is 1. The number of methoxy groups -OCH3 is 1. The van der Waals surface area contributed by atoms with Crippen LogP contribution in [0.5, 0.6) is 0 Å². The van der Waals surface area contributed by atoms with E-state index < -0.39 is 16.0 Å². The van der Waals surface area contributed by atoms with Gasteiger partial charge in [-0.3, -0.25) is 4.31 Å². The van der Waals surface area contributed by atoms with Crippen molar-refractivity contribution in [1.82, 2.24) is 0 Å². The first-order valence-corrected chi connectivity index (χ1v) is 8.60. The van der Waals surface area contributed by atoms with E-state index in [2.05, 4.69) is 0 Å². The number of benzene rings is 2. The van der Waals surface area contributed by atoms with Crippen molar-refractivity contribution in [3.05, 3.63) is 59.7 Å². The third-order valence-corrected chi connectivity index (χ3v) is 5.30. The molecule has 0 N–H and O–H groups in total. The van der Waals surface area contributed by atoms with Gasteiger partial charge >= 0.3 is 5.97 Å². The summed E-state index contributed by atoms with van der Waals surface area (Å²) in [7, 11) is -2.69. The fourth-order valence-corrected chi connectivity index (χ4v) is 3.84. The van der Waals surface area contributed by atoms with E-state index in [1.807, 2.05) is 6.07 Å². The first kappa shape index (κ1) is 17.5. The lowest BCUT2D eigenvalue weighted by Gasteiger charge is -2.24. The van der Waals surface area contributed by atoms with E-state index in [9.17, 15) is 13.2 Å². The molecule has 7 heteroatoms. The summed E-state index contributed by atoms with van der Waals surface area (Å²) in [5, 5.41) is 8.97. The van der Waals surface area contributed by atoms with Crippen molar-refractivity contribution < 1.29 is 17.9 Å². The Morgan fingerprint density at radius 1 is 1.21 bits per heavy atom. The van der Waals surface area contributed by atoms with Crippen molar-refractivity contribution in [3.63, 3.8) is 0 Å². The topological polar surface area (TPSA) is 87.5 Å².